The minimum atomic E-state index is -0.107. The van der Waals surface area contributed by atoms with Gasteiger partial charge in [0.25, 0.3) is 0 Å². The number of fused-ring (bicyclic) bond motifs is 2. The fourth-order valence-electron chi connectivity index (χ4n) is 2.44. The van der Waals surface area contributed by atoms with Crippen molar-refractivity contribution in [2.75, 3.05) is 6.54 Å². The summed E-state index contributed by atoms with van der Waals surface area (Å²) in [5.74, 6) is -0.206. The summed E-state index contributed by atoms with van der Waals surface area (Å²) in [5.41, 5.74) is 1.39. The third-order valence-corrected chi connectivity index (χ3v) is 3.48. The van der Waals surface area contributed by atoms with E-state index >= 15 is 0 Å². The minimum Gasteiger partial charge on any atom is -0.382 e. The Morgan fingerprint density at radius 1 is 1.00 bits per heavy atom. The van der Waals surface area contributed by atoms with Crippen LogP contribution in [-0.2, 0) is 0 Å². The van der Waals surface area contributed by atoms with Gasteiger partial charge >= 0.3 is 0 Å². The van der Waals surface area contributed by atoms with Crippen molar-refractivity contribution in [2.45, 2.75) is 13.3 Å². The van der Waals surface area contributed by atoms with E-state index in [1.54, 1.807) is 6.07 Å². The van der Waals surface area contributed by atoms with Crippen molar-refractivity contribution < 1.29 is 9.59 Å². The zero-order valence-electron chi connectivity index (χ0n) is 11.3. The summed E-state index contributed by atoms with van der Waals surface area (Å²) in [6.45, 7) is 2.71. The quantitative estimate of drug-likeness (QED) is 0.927. The molecule has 0 saturated heterocycles. The van der Waals surface area contributed by atoms with Crippen LogP contribution in [0.2, 0.25) is 0 Å². The summed E-state index contributed by atoms with van der Waals surface area (Å²) in [5, 5.41) is 4.98. The molecule has 0 aliphatic heterocycles. The Hall–Kier alpha value is -2.42. The maximum absolute atomic E-state index is 12.4. The van der Waals surface area contributed by atoms with Gasteiger partial charge in [-0.3, -0.25) is 9.59 Å². The molecule has 20 heavy (non-hydrogen) atoms. The van der Waals surface area contributed by atoms with Gasteiger partial charge in [0.2, 0.25) is 5.78 Å². The van der Waals surface area contributed by atoms with Crippen molar-refractivity contribution in [3.63, 3.8) is 0 Å². The molecule has 0 heterocycles. The lowest BCUT2D eigenvalue weighted by Crippen LogP contribution is -2.27. The topological polar surface area (TPSA) is 46.2 Å². The number of allylic oxidation sites excluding steroid dienone is 2. The van der Waals surface area contributed by atoms with Crippen molar-refractivity contribution in [3.05, 3.63) is 59.3 Å². The molecule has 2 aromatic rings. The molecule has 3 nitrogen and oxygen atoms in total. The van der Waals surface area contributed by atoms with Crippen molar-refractivity contribution in [3.8, 4) is 0 Å². The van der Waals surface area contributed by atoms with Gasteiger partial charge in [-0.1, -0.05) is 31.2 Å². The molecule has 3 rings (SSSR count). The SMILES string of the molecule is CCCNC1=CC(=O)c2cc3ccccc3cc2C1=O. The molecule has 0 spiro atoms. The second-order valence-electron chi connectivity index (χ2n) is 4.92. The highest BCUT2D eigenvalue weighted by atomic mass is 16.1. The number of benzene rings is 2. The van der Waals surface area contributed by atoms with Gasteiger partial charge in [-0.2, -0.15) is 0 Å². The predicted molar refractivity (Wildman–Crippen MR) is 79.0 cm³/mol. The molecule has 2 aromatic carbocycles. The molecule has 0 bridgehead atoms. The minimum absolute atomic E-state index is 0.0983. The molecule has 100 valence electrons. The fraction of sp³-hybridized carbons (Fsp3) is 0.176. The highest BCUT2D eigenvalue weighted by molar-refractivity contribution is 6.25. The van der Waals surface area contributed by atoms with E-state index in [-0.39, 0.29) is 11.6 Å². The molecule has 0 unspecified atom stereocenters. The Bertz CT molecular complexity index is 744. The van der Waals surface area contributed by atoms with Crippen molar-refractivity contribution in [1.82, 2.24) is 5.32 Å². The van der Waals surface area contributed by atoms with Crippen molar-refractivity contribution >= 4 is 22.3 Å². The van der Waals surface area contributed by atoms with Crippen LogP contribution in [0, 0.1) is 0 Å². The molecule has 0 saturated carbocycles. The van der Waals surface area contributed by atoms with Gasteiger partial charge in [-0.25, -0.2) is 0 Å². The van der Waals surface area contributed by atoms with Gasteiger partial charge in [-0.15, -0.1) is 0 Å². The maximum Gasteiger partial charge on any atom is 0.209 e. The zero-order valence-corrected chi connectivity index (χ0v) is 11.3. The predicted octanol–water partition coefficient (Wildman–Crippen LogP) is 3.10. The highest BCUT2D eigenvalue weighted by Gasteiger charge is 2.25. The number of hydrogen-bond acceptors (Lipinski definition) is 3. The van der Waals surface area contributed by atoms with Crippen molar-refractivity contribution in [2.24, 2.45) is 0 Å². The number of carbonyl (C=O) groups excluding carboxylic acids is 2. The summed E-state index contributed by atoms with van der Waals surface area (Å²) in [6, 6.07) is 11.4. The Morgan fingerprint density at radius 3 is 2.30 bits per heavy atom. The van der Waals surface area contributed by atoms with Crippen LogP contribution in [0.15, 0.2) is 48.2 Å². The molecule has 1 aliphatic carbocycles. The number of nitrogens with one attached hydrogen (secondary N) is 1. The summed E-state index contributed by atoms with van der Waals surface area (Å²) >= 11 is 0. The van der Waals surface area contributed by atoms with Gasteiger partial charge in [-0.05, 0) is 29.3 Å². The van der Waals surface area contributed by atoms with Crippen LogP contribution in [-0.4, -0.2) is 18.1 Å². The van der Waals surface area contributed by atoms with Crippen LogP contribution in [0.4, 0.5) is 0 Å². The standard InChI is InChI=1S/C17H15NO2/c1-2-7-18-15-10-16(19)13-8-11-5-3-4-6-12(11)9-14(13)17(15)20/h3-6,8-10,18H,2,7H2,1H3. The molecule has 0 aromatic heterocycles. The summed E-state index contributed by atoms with van der Waals surface area (Å²) < 4.78 is 0. The molecule has 3 heteroatoms. The van der Waals surface area contributed by atoms with Crippen LogP contribution in [0.25, 0.3) is 10.8 Å². The Morgan fingerprint density at radius 2 is 1.65 bits per heavy atom. The second-order valence-corrected chi connectivity index (χ2v) is 4.92. The van der Waals surface area contributed by atoms with E-state index in [2.05, 4.69) is 5.32 Å². The van der Waals surface area contributed by atoms with Gasteiger partial charge in [0.15, 0.2) is 5.78 Å². The number of carbonyl (C=O) groups is 2. The van der Waals surface area contributed by atoms with E-state index in [0.717, 1.165) is 17.2 Å². The molecule has 0 amide bonds. The van der Waals surface area contributed by atoms with Gasteiger partial charge < -0.3 is 5.32 Å². The maximum atomic E-state index is 12.4. The van der Waals surface area contributed by atoms with Crippen LogP contribution < -0.4 is 5.32 Å². The zero-order chi connectivity index (χ0) is 14.1. The van der Waals surface area contributed by atoms with E-state index in [9.17, 15) is 9.59 Å². The summed E-state index contributed by atoms with van der Waals surface area (Å²) in [6.07, 6.45) is 2.32. The van der Waals surface area contributed by atoms with E-state index in [4.69, 9.17) is 0 Å². The van der Waals surface area contributed by atoms with E-state index in [1.807, 2.05) is 37.3 Å². The molecule has 0 atom stereocenters. The smallest absolute Gasteiger partial charge is 0.209 e. The third kappa shape index (κ3) is 2.01. The van der Waals surface area contributed by atoms with Crippen LogP contribution >= 0.6 is 0 Å². The first-order chi connectivity index (χ1) is 9.70. The number of hydrogen-bond donors (Lipinski definition) is 1. The average Bonchev–Trinajstić information content (AvgIpc) is 2.48. The highest BCUT2D eigenvalue weighted by Crippen LogP contribution is 2.25. The van der Waals surface area contributed by atoms with Gasteiger partial charge in [0, 0.05) is 23.7 Å². The summed E-state index contributed by atoms with van der Waals surface area (Å²) in [7, 11) is 0. The first-order valence-corrected chi connectivity index (χ1v) is 6.78. The normalized spacial score (nSPS) is 14.2. The Kier molecular flexibility index (Phi) is 3.11. The Labute approximate surface area is 117 Å². The first-order valence-electron chi connectivity index (χ1n) is 6.78. The second kappa shape index (κ2) is 4.93. The number of rotatable bonds is 3. The molecule has 1 aliphatic rings. The fourth-order valence-corrected chi connectivity index (χ4v) is 2.44. The lowest BCUT2D eigenvalue weighted by Gasteiger charge is -2.17. The van der Waals surface area contributed by atoms with E-state index in [1.165, 1.54) is 6.08 Å². The first kappa shape index (κ1) is 12.6. The van der Waals surface area contributed by atoms with E-state index in [0.29, 0.717) is 23.4 Å². The van der Waals surface area contributed by atoms with E-state index < -0.39 is 0 Å². The van der Waals surface area contributed by atoms with Gasteiger partial charge in [0.1, 0.15) is 0 Å². The third-order valence-electron chi connectivity index (χ3n) is 3.48. The molecular weight excluding hydrogens is 250 g/mol. The lowest BCUT2D eigenvalue weighted by molar-refractivity contribution is 0.0978. The average molecular weight is 265 g/mol. The van der Waals surface area contributed by atoms with Gasteiger partial charge in [0.05, 0.1) is 5.70 Å². The lowest BCUT2D eigenvalue weighted by atomic mass is 9.90. The van der Waals surface area contributed by atoms with Crippen molar-refractivity contribution in [1.29, 1.82) is 0 Å². The Balaban J connectivity index is 2.11. The van der Waals surface area contributed by atoms with Crippen LogP contribution in [0.5, 0.6) is 0 Å². The monoisotopic (exact) mass is 265 g/mol. The summed E-state index contributed by atoms with van der Waals surface area (Å²) in [4.78, 5) is 24.6. The van der Waals surface area contributed by atoms with Crippen LogP contribution in [0.1, 0.15) is 34.1 Å². The molecular formula is C17H15NO2. The molecule has 0 radical (unpaired) electrons. The largest absolute Gasteiger partial charge is 0.382 e. The molecule has 0 fully saturated rings. The molecule has 1 N–H and O–H groups in total. The van der Waals surface area contributed by atoms with Crippen LogP contribution in [0.3, 0.4) is 0 Å². The number of Topliss-reactive ketones (excluding diaryl/α,β-unsaturated/α-hetero) is 1. The number of ketones is 2.